The first kappa shape index (κ1) is 24.2. The summed E-state index contributed by atoms with van der Waals surface area (Å²) in [4.78, 5) is 37.2. The van der Waals surface area contributed by atoms with Crippen LogP contribution in [0.25, 0.3) is 11.1 Å². The molecule has 1 saturated carbocycles. The molecule has 0 unspecified atom stereocenters. The molecule has 11 heteroatoms. The number of anilines is 2. The number of hydrogen-bond acceptors (Lipinski definition) is 8. The standard InChI is InChI=1S/C25H25ClN6O4/c26-16-3-8-20(28-14-16)30-25(34)23-22(21-19(36-23)7-4-17(13-27)29-21)31-24(33)15-1-5-18(6-2-15)32-9-11-35-12-10-32/h3-4,7-8,14-15,18H,1-2,5-6,9-12H2,(H,31,33)(H,28,30,34)/t15-,18-. The van der Waals surface area contributed by atoms with Gasteiger partial charge in [0, 0.05) is 31.2 Å². The van der Waals surface area contributed by atoms with Crippen molar-refractivity contribution in [2.45, 2.75) is 31.7 Å². The molecule has 10 nitrogen and oxygen atoms in total. The van der Waals surface area contributed by atoms with Gasteiger partial charge in [-0.3, -0.25) is 14.5 Å². The maximum atomic E-state index is 13.3. The van der Waals surface area contributed by atoms with E-state index in [9.17, 15) is 14.9 Å². The third kappa shape index (κ3) is 5.18. The topological polar surface area (TPSA) is 133 Å². The Kier molecular flexibility index (Phi) is 7.13. The number of amides is 2. The largest absolute Gasteiger partial charge is 0.447 e. The van der Waals surface area contributed by atoms with E-state index in [4.69, 9.17) is 20.8 Å². The molecule has 2 amide bonds. The molecule has 0 atom stereocenters. The minimum Gasteiger partial charge on any atom is -0.447 e. The summed E-state index contributed by atoms with van der Waals surface area (Å²) in [7, 11) is 0. The van der Waals surface area contributed by atoms with Crippen molar-refractivity contribution in [3.63, 3.8) is 0 Å². The Bertz CT molecular complexity index is 1300. The summed E-state index contributed by atoms with van der Waals surface area (Å²) in [5, 5.41) is 15.3. The summed E-state index contributed by atoms with van der Waals surface area (Å²) in [6.07, 6.45) is 4.76. The molecule has 0 radical (unpaired) electrons. The van der Waals surface area contributed by atoms with Gasteiger partial charge in [0.2, 0.25) is 11.7 Å². The van der Waals surface area contributed by atoms with Crippen LogP contribution in [0.15, 0.2) is 34.9 Å². The van der Waals surface area contributed by atoms with Crippen molar-refractivity contribution in [3.8, 4) is 6.07 Å². The van der Waals surface area contributed by atoms with Gasteiger partial charge in [-0.15, -0.1) is 0 Å². The lowest BCUT2D eigenvalue weighted by molar-refractivity contribution is -0.121. The molecule has 3 aromatic rings. The summed E-state index contributed by atoms with van der Waals surface area (Å²) in [6, 6.07) is 8.64. The molecule has 36 heavy (non-hydrogen) atoms. The molecule has 0 aromatic carbocycles. The minimum atomic E-state index is -0.604. The Morgan fingerprint density at radius 1 is 1.08 bits per heavy atom. The first-order valence-corrected chi connectivity index (χ1v) is 12.3. The summed E-state index contributed by atoms with van der Waals surface area (Å²) in [6.45, 7) is 3.36. The van der Waals surface area contributed by atoms with Crippen LogP contribution in [0.4, 0.5) is 11.5 Å². The lowest BCUT2D eigenvalue weighted by Crippen LogP contribution is -2.45. The molecule has 3 aromatic heterocycles. The zero-order valence-corrected chi connectivity index (χ0v) is 20.3. The molecule has 4 heterocycles. The molecule has 1 saturated heterocycles. The predicted molar refractivity (Wildman–Crippen MR) is 133 cm³/mol. The van der Waals surface area contributed by atoms with Gasteiger partial charge in [-0.2, -0.15) is 5.26 Å². The minimum absolute atomic E-state index is 0.111. The fourth-order valence-corrected chi connectivity index (χ4v) is 4.92. The maximum absolute atomic E-state index is 13.3. The van der Waals surface area contributed by atoms with Crippen LogP contribution in [0.1, 0.15) is 41.9 Å². The SMILES string of the molecule is N#Cc1ccc2oc(C(=O)Nc3ccc(Cl)cn3)c(NC(=O)[C@H]3CC[C@H](N4CCOCC4)CC3)c2n1. The van der Waals surface area contributed by atoms with Crippen LogP contribution in [-0.2, 0) is 9.53 Å². The fraction of sp³-hybridized carbons (Fsp3) is 0.400. The number of furan rings is 1. The molecule has 186 valence electrons. The zero-order valence-electron chi connectivity index (χ0n) is 19.5. The van der Waals surface area contributed by atoms with E-state index in [1.165, 1.54) is 12.3 Å². The fourth-order valence-electron chi connectivity index (χ4n) is 4.81. The molecule has 2 aliphatic rings. The second kappa shape index (κ2) is 10.6. The lowest BCUT2D eigenvalue weighted by atomic mass is 9.84. The number of rotatable bonds is 5. The van der Waals surface area contributed by atoms with Gasteiger partial charge in [0.1, 0.15) is 28.8 Å². The van der Waals surface area contributed by atoms with Crippen molar-refractivity contribution < 1.29 is 18.7 Å². The van der Waals surface area contributed by atoms with Gasteiger partial charge in [0.25, 0.3) is 5.91 Å². The van der Waals surface area contributed by atoms with Crippen molar-refractivity contribution in [3.05, 3.63) is 46.9 Å². The van der Waals surface area contributed by atoms with Gasteiger partial charge in [-0.05, 0) is 49.9 Å². The lowest BCUT2D eigenvalue weighted by Gasteiger charge is -2.38. The summed E-state index contributed by atoms with van der Waals surface area (Å²) in [5.74, 6) is -0.831. The zero-order chi connectivity index (χ0) is 25.1. The van der Waals surface area contributed by atoms with Crippen molar-refractivity contribution in [2.24, 2.45) is 5.92 Å². The molecule has 0 spiro atoms. The highest BCUT2D eigenvalue weighted by atomic mass is 35.5. The van der Waals surface area contributed by atoms with Crippen molar-refractivity contribution in [2.75, 3.05) is 36.9 Å². The number of halogens is 1. The van der Waals surface area contributed by atoms with E-state index in [0.717, 1.165) is 52.0 Å². The third-order valence-electron chi connectivity index (χ3n) is 6.70. The molecular weight excluding hydrogens is 484 g/mol. The number of nitrogens with one attached hydrogen (secondary N) is 2. The van der Waals surface area contributed by atoms with E-state index >= 15 is 0 Å². The first-order valence-electron chi connectivity index (χ1n) is 11.9. The number of nitrogens with zero attached hydrogens (tertiary/aromatic N) is 4. The Balaban J connectivity index is 1.35. The third-order valence-corrected chi connectivity index (χ3v) is 6.93. The molecular formula is C25H25ClN6O4. The number of carbonyl (C=O) groups is 2. The maximum Gasteiger partial charge on any atom is 0.294 e. The van der Waals surface area contributed by atoms with Crippen LogP contribution in [-0.4, -0.2) is 59.0 Å². The number of fused-ring (bicyclic) bond motifs is 1. The average Bonchev–Trinajstić information content (AvgIpc) is 3.28. The van der Waals surface area contributed by atoms with E-state index in [1.54, 1.807) is 18.2 Å². The summed E-state index contributed by atoms with van der Waals surface area (Å²) in [5.41, 5.74) is 0.832. The van der Waals surface area contributed by atoms with E-state index in [-0.39, 0.29) is 45.9 Å². The number of pyridine rings is 2. The number of ether oxygens (including phenoxy) is 1. The second-order valence-electron chi connectivity index (χ2n) is 8.92. The normalized spacial score (nSPS) is 20.6. The Morgan fingerprint density at radius 2 is 1.86 bits per heavy atom. The van der Waals surface area contributed by atoms with Gasteiger partial charge in [-0.25, -0.2) is 9.97 Å². The molecule has 1 aliphatic carbocycles. The van der Waals surface area contributed by atoms with Gasteiger partial charge in [-0.1, -0.05) is 11.6 Å². The van der Waals surface area contributed by atoms with Gasteiger partial charge in [0.05, 0.1) is 18.2 Å². The Labute approximate surface area is 212 Å². The van der Waals surface area contributed by atoms with E-state index in [2.05, 4.69) is 25.5 Å². The number of hydrogen-bond donors (Lipinski definition) is 2. The molecule has 5 rings (SSSR count). The molecule has 1 aliphatic heterocycles. The van der Waals surface area contributed by atoms with Crippen molar-refractivity contribution in [1.82, 2.24) is 14.9 Å². The summed E-state index contributed by atoms with van der Waals surface area (Å²) < 4.78 is 11.2. The van der Waals surface area contributed by atoms with Crippen LogP contribution in [0.3, 0.4) is 0 Å². The van der Waals surface area contributed by atoms with Gasteiger partial charge >= 0.3 is 0 Å². The van der Waals surface area contributed by atoms with Crippen LogP contribution in [0.5, 0.6) is 0 Å². The van der Waals surface area contributed by atoms with Crippen LogP contribution < -0.4 is 10.6 Å². The monoisotopic (exact) mass is 508 g/mol. The number of morpholine rings is 1. The summed E-state index contributed by atoms with van der Waals surface area (Å²) >= 11 is 5.87. The second-order valence-corrected chi connectivity index (χ2v) is 9.36. The quantitative estimate of drug-likeness (QED) is 0.531. The van der Waals surface area contributed by atoms with Crippen molar-refractivity contribution >= 4 is 46.0 Å². The van der Waals surface area contributed by atoms with E-state index < -0.39 is 5.91 Å². The average molecular weight is 509 g/mol. The number of aromatic nitrogens is 2. The highest BCUT2D eigenvalue weighted by Crippen LogP contribution is 2.33. The number of carbonyl (C=O) groups excluding carboxylic acids is 2. The van der Waals surface area contributed by atoms with E-state index in [0.29, 0.717) is 11.1 Å². The Hall–Kier alpha value is -3.52. The van der Waals surface area contributed by atoms with Crippen molar-refractivity contribution in [1.29, 1.82) is 5.26 Å². The highest BCUT2D eigenvalue weighted by molar-refractivity contribution is 6.30. The molecule has 0 bridgehead atoms. The highest BCUT2D eigenvalue weighted by Gasteiger charge is 2.32. The predicted octanol–water partition coefficient (Wildman–Crippen LogP) is 3.83. The van der Waals surface area contributed by atoms with Crippen LogP contribution >= 0.6 is 11.6 Å². The first-order chi connectivity index (χ1) is 17.5. The molecule has 2 fully saturated rings. The Morgan fingerprint density at radius 3 is 2.56 bits per heavy atom. The van der Waals surface area contributed by atoms with E-state index in [1.807, 2.05) is 6.07 Å². The van der Waals surface area contributed by atoms with Crippen LogP contribution in [0, 0.1) is 17.2 Å². The molecule has 2 N–H and O–H groups in total. The van der Waals surface area contributed by atoms with Gasteiger partial charge < -0.3 is 19.8 Å². The van der Waals surface area contributed by atoms with Gasteiger partial charge in [0.15, 0.2) is 5.58 Å². The van der Waals surface area contributed by atoms with Crippen LogP contribution in [0.2, 0.25) is 5.02 Å². The number of nitriles is 1. The smallest absolute Gasteiger partial charge is 0.294 e.